The summed E-state index contributed by atoms with van der Waals surface area (Å²) in [6, 6.07) is 3.54. The van der Waals surface area contributed by atoms with E-state index in [1.165, 1.54) is 11.3 Å². The lowest BCUT2D eigenvalue weighted by atomic mass is 10.1. The summed E-state index contributed by atoms with van der Waals surface area (Å²) < 4.78 is 0. The summed E-state index contributed by atoms with van der Waals surface area (Å²) in [6.45, 7) is 5.54. The number of rotatable bonds is 6. The molecule has 1 rings (SSSR count). The molecule has 0 aliphatic heterocycles. The maximum absolute atomic E-state index is 11.7. The van der Waals surface area contributed by atoms with Crippen LogP contribution in [-0.2, 0) is 9.59 Å². The minimum absolute atomic E-state index is 0.0470. The van der Waals surface area contributed by atoms with E-state index in [2.05, 4.69) is 10.6 Å². The Hall–Kier alpha value is -1.69. The van der Waals surface area contributed by atoms with E-state index in [-0.39, 0.29) is 42.5 Å². The minimum atomic E-state index is -0.322. The Bertz CT molecular complexity index is 475. The van der Waals surface area contributed by atoms with E-state index < -0.39 is 0 Å². The predicted octanol–water partition coefficient (Wildman–Crippen LogP) is 1.74. The molecule has 0 radical (unpaired) electrons. The molecule has 1 heterocycles. The number of amides is 2. The van der Waals surface area contributed by atoms with Crippen molar-refractivity contribution >= 4 is 28.9 Å². The summed E-state index contributed by atoms with van der Waals surface area (Å²) in [5, 5.41) is 7.07. The van der Waals surface area contributed by atoms with Crippen molar-refractivity contribution in [2.75, 3.05) is 6.54 Å². The lowest BCUT2D eigenvalue weighted by Gasteiger charge is -2.20. The van der Waals surface area contributed by atoms with Gasteiger partial charge in [0.05, 0.1) is 11.4 Å². The number of Topliss-reactive ketones (excluding diaryl/α,β-unsaturated/α-hetero) is 1. The normalized spacial score (nSPS) is 10.9. The maximum Gasteiger partial charge on any atom is 0.239 e. The van der Waals surface area contributed by atoms with Crippen LogP contribution in [0.5, 0.6) is 0 Å². The first-order chi connectivity index (χ1) is 9.28. The molecule has 110 valence electrons. The number of hydrogen-bond acceptors (Lipinski definition) is 4. The molecule has 0 fully saturated rings. The average Bonchev–Trinajstić information content (AvgIpc) is 2.85. The Morgan fingerprint density at radius 1 is 1.15 bits per heavy atom. The Balaban J connectivity index is 2.24. The Morgan fingerprint density at radius 2 is 1.85 bits per heavy atom. The molecule has 0 saturated heterocycles. The van der Waals surface area contributed by atoms with Crippen LogP contribution >= 0.6 is 11.3 Å². The summed E-state index contributed by atoms with van der Waals surface area (Å²) in [5.74, 6) is -0.580. The first-order valence-electron chi connectivity index (χ1n) is 6.42. The molecule has 1 aromatic rings. The molecule has 0 saturated carbocycles. The number of hydrogen-bond donors (Lipinski definition) is 2. The molecule has 0 unspecified atom stereocenters. The monoisotopic (exact) mass is 296 g/mol. The fraction of sp³-hybridized carbons (Fsp3) is 0.500. The highest BCUT2D eigenvalue weighted by Gasteiger charge is 2.15. The predicted molar refractivity (Wildman–Crippen MR) is 78.8 cm³/mol. The van der Waals surface area contributed by atoms with Crippen LogP contribution in [0.2, 0.25) is 0 Å². The number of ketones is 1. The molecule has 6 heteroatoms. The molecule has 0 aromatic carbocycles. The van der Waals surface area contributed by atoms with Crippen molar-refractivity contribution in [2.24, 2.45) is 0 Å². The quantitative estimate of drug-likeness (QED) is 0.785. The molecule has 0 spiro atoms. The van der Waals surface area contributed by atoms with Crippen LogP contribution in [0.1, 0.15) is 43.3 Å². The molecule has 2 amide bonds. The topological polar surface area (TPSA) is 75.3 Å². The highest BCUT2D eigenvalue weighted by atomic mass is 32.1. The zero-order valence-corrected chi connectivity index (χ0v) is 12.8. The van der Waals surface area contributed by atoms with Gasteiger partial charge in [0.1, 0.15) is 0 Å². The standard InChI is InChI=1S/C14H20N2O3S/c1-14(2,3)16-13(19)9-15-12(18)7-6-10(17)11-5-4-8-20-11/h4-5,8H,6-7,9H2,1-3H3,(H,15,18)(H,16,19). The summed E-state index contributed by atoms with van der Waals surface area (Å²) >= 11 is 1.36. The van der Waals surface area contributed by atoms with Gasteiger partial charge in [0.2, 0.25) is 11.8 Å². The van der Waals surface area contributed by atoms with Crippen LogP contribution in [0, 0.1) is 0 Å². The van der Waals surface area contributed by atoms with Crippen LogP contribution in [0.3, 0.4) is 0 Å². The summed E-state index contributed by atoms with van der Waals surface area (Å²) in [4.78, 5) is 35.4. The zero-order chi connectivity index (χ0) is 15.2. The Kier molecular flexibility index (Phi) is 5.88. The first kappa shape index (κ1) is 16.4. The van der Waals surface area contributed by atoms with Crippen LogP contribution < -0.4 is 10.6 Å². The van der Waals surface area contributed by atoms with Gasteiger partial charge in [-0.05, 0) is 32.2 Å². The summed E-state index contributed by atoms with van der Waals surface area (Å²) in [5.41, 5.74) is -0.322. The van der Waals surface area contributed by atoms with Crippen LogP contribution in [0.25, 0.3) is 0 Å². The van der Waals surface area contributed by atoms with Crippen LogP contribution in [0.15, 0.2) is 17.5 Å². The van der Waals surface area contributed by atoms with Crippen molar-refractivity contribution in [1.82, 2.24) is 10.6 Å². The van der Waals surface area contributed by atoms with E-state index in [0.29, 0.717) is 4.88 Å². The third kappa shape index (κ3) is 6.47. The molecule has 0 bridgehead atoms. The second-order valence-corrected chi connectivity index (χ2v) is 6.42. The van der Waals surface area contributed by atoms with Crippen molar-refractivity contribution < 1.29 is 14.4 Å². The molecule has 2 N–H and O–H groups in total. The Labute approximate surface area is 122 Å². The number of carbonyl (C=O) groups is 3. The highest BCUT2D eigenvalue weighted by Crippen LogP contribution is 2.12. The minimum Gasteiger partial charge on any atom is -0.350 e. The van der Waals surface area contributed by atoms with Gasteiger partial charge in [-0.1, -0.05) is 6.07 Å². The molecular formula is C14H20N2O3S. The van der Waals surface area contributed by atoms with E-state index in [1.54, 1.807) is 12.1 Å². The van der Waals surface area contributed by atoms with Gasteiger partial charge in [-0.15, -0.1) is 11.3 Å². The van der Waals surface area contributed by atoms with Gasteiger partial charge in [-0.25, -0.2) is 0 Å². The first-order valence-corrected chi connectivity index (χ1v) is 7.30. The third-order valence-corrected chi connectivity index (χ3v) is 3.25. The summed E-state index contributed by atoms with van der Waals surface area (Å²) in [7, 11) is 0. The largest absolute Gasteiger partial charge is 0.350 e. The van der Waals surface area contributed by atoms with Gasteiger partial charge < -0.3 is 10.6 Å². The van der Waals surface area contributed by atoms with Gasteiger partial charge in [0.25, 0.3) is 0 Å². The number of nitrogens with one attached hydrogen (secondary N) is 2. The maximum atomic E-state index is 11.7. The molecular weight excluding hydrogens is 276 g/mol. The van der Waals surface area contributed by atoms with Crippen LogP contribution in [0.4, 0.5) is 0 Å². The average molecular weight is 296 g/mol. The van der Waals surface area contributed by atoms with E-state index in [4.69, 9.17) is 0 Å². The molecule has 20 heavy (non-hydrogen) atoms. The molecule has 0 aliphatic rings. The molecule has 0 aliphatic carbocycles. The second-order valence-electron chi connectivity index (χ2n) is 5.48. The van der Waals surface area contributed by atoms with Gasteiger partial charge in [-0.3, -0.25) is 14.4 Å². The van der Waals surface area contributed by atoms with Crippen molar-refractivity contribution in [3.05, 3.63) is 22.4 Å². The van der Waals surface area contributed by atoms with E-state index in [9.17, 15) is 14.4 Å². The van der Waals surface area contributed by atoms with Crippen molar-refractivity contribution in [1.29, 1.82) is 0 Å². The molecule has 0 atom stereocenters. The van der Waals surface area contributed by atoms with Gasteiger partial charge in [0.15, 0.2) is 5.78 Å². The smallest absolute Gasteiger partial charge is 0.239 e. The zero-order valence-electron chi connectivity index (χ0n) is 12.0. The summed E-state index contributed by atoms with van der Waals surface area (Å²) in [6.07, 6.45) is 0.257. The number of carbonyl (C=O) groups excluding carboxylic acids is 3. The lowest BCUT2D eigenvalue weighted by Crippen LogP contribution is -2.45. The van der Waals surface area contributed by atoms with Gasteiger partial charge in [-0.2, -0.15) is 0 Å². The number of thiophene rings is 1. The van der Waals surface area contributed by atoms with Crippen molar-refractivity contribution in [2.45, 2.75) is 39.2 Å². The third-order valence-electron chi connectivity index (χ3n) is 2.34. The highest BCUT2D eigenvalue weighted by molar-refractivity contribution is 7.12. The van der Waals surface area contributed by atoms with E-state index in [1.807, 2.05) is 26.2 Å². The SMILES string of the molecule is CC(C)(C)NC(=O)CNC(=O)CCC(=O)c1cccs1. The Morgan fingerprint density at radius 3 is 2.40 bits per heavy atom. The van der Waals surface area contributed by atoms with E-state index >= 15 is 0 Å². The fourth-order valence-corrected chi connectivity index (χ4v) is 2.21. The lowest BCUT2D eigenvalue weighted by molar-refractivity contribution is -0.126. The molecule has 1 aromatic heterocycles. The fourth-order valence-electron chi connectivity index (χ4n) is 1.52. The second kappa shape index (κ2) is 7.19. The van der Waals surface area contributed by atoms with Gasteiger partial charge >= 0.3 is 0 Å². The van der Waals surface area contributed by atoms with Crippen molar-refractivity contribution in [3.63, 3.8) is 0 Å². The van der Waals surface area contributed by atoms with Crippen molar-refractivity contribution in [3.8, 4) is 0 Å². The molecule has 5 nitrogen and oxygen atoms in total. The van der Waals surface area contributed by atoms with Gasteiger partial charge in [0, 0.05) is 18.4 Å². The van der Waals surface area contributed by atoms with Crippen LogP contribution in [-0.4, -0.2) is 29.7 Å². The van der Waals surface area contributed by atoms with E-state index in [0.717, 1.165) is 0 Å².